The van der Waals surface area contributed by atoms with E-state index in [2.05, 4.69) is 87.3 Å². The highest BCUT2D eigenvalue weighted by Crippen LogP contribution is 2.37. The number of pyridine rings is 2. The molecule has 0 radical (unpaired) electrons. The van der Waals surface area contributed by atoms with E-state index in [-0.39, 0.29) is 0 Å². The zero-order valence-electron chi connectivity index (χ0n) is 21.4. The maximum absolute atomic E-state index is 6.32. The summed E-state index contributed by atoms with van der Waals surface area (Å²) in [6, 6.07) is 39.5. The monoisotopic (exact) mass is 514 g/mol. The second kappa shape index (κ2) is 9.03. The van der Waals surface area contributed by atoms with Crippen molar-refractivity contribution >= 4 is 32.9 Å². The van der Waals surface area contributed by atoms with Gasteiger partial charge in [-0.1, -0.05) is 54.6 Å². The minimum Gasteiger partial charge on any atom is -0.436 e. The minimum atomic E-state index is 0.595. The molecule has 5 nitrogen and oxygen atoms in total. The highest BCUT2D eigenvalue weighted by molar-refractivity contribution is 6.10. The van der Waals surface area contributed by atoms with Crippen molar-refractivity contribution in [3.05, 3.63) is 134 Å². The molecule has 0 aliphatic heterocycles. The van der Waals surface area contributed by atoms with Gasteiger partial charge in [0, 0.05) is 51.7 Å². The summed E-state index contributed by atoms with van der Waals surface area (Å²) < 4.78 is 8.63. The number of para-hydroxylation sites is 2. The van der Waals surface area contributed by atoms with Gasteiger partial charge in [-0.25, -0.2) is 4.98 Å². The summed E-state index contributed by atoms with van der Waals surface area (Å²) in [5.74, 6) is 0.595. The van der Waals surface area contributed by atoms with E-state index in [4.69, 9.17) is 9.40 Å². The summed E-state index contributed by atoms with van der Waals surface area (Å²) in [7, 11) is 0. The maximum atomic E-state index is 6.32. The van der Waals surface area contributed by atoms with Crippen LogP contribution in [0.3, 0.4) is 0 Å². The van der Waals surface area contributed by atoms with Gasteiger partial charge in [-0.2, -0.15) is 0 Å². The van der Waals surface area contributed by atoms with Crippen molar-refractivity contribution in [2.75, 3.05) is 0 Å². The first kappa shape index (κ1) is 22.4. The third kappa shape index (κ3) is 3.60. The van der Waals surface area contributed by atoms with Gasteiger partial charge >= 0.3 is 0 Å². The van der Waals surface area contributed by atoms with Crippen LogP contribution in [-0.4, -0.2) is 19.5 Å². The van der Waals surface area contributed by atoms with Gasteiger partial charge in [0.1, 0.15) is 5.52 Å². The van der Waals surface area contributed by atoms with E-state index in [0.717, 1.165) is 55.8 Å². The fourth-order valence-electron chi connectivity index (χ4n) is 5.56. The molecule has 4 aromatic heterocycles. The molecular weight excluding hydrogens is 492 g/mol. The highest BCUT2D eigenvalue weighted by Gasteiger charge is 2.17. The van der Waals surface area contributed by atoms with Crippen LogP contribution in [0.25, 0.3) is 72.4 Å². The Balaban J connectivity index is 1.33. The van der Waals surface area contributed by atoms with Crippen LogP contribution in [0.15, 0.2) is 138 Å². The molecule has 188 valence electrons. The molecule has 0 saturated carbocycles. The van der Waals surface area contributed by atoms with Gasteiger partial charge in [0.2, 0.25) is 5.89 Å². The number of fused-ring (bicyclic) bond motifs is 4. The first-order chi connectivity index (χ1) is 19.8. The Hall–Kier alpha value is -5.55. The second-order valence-electron chi connectivity index (χ2n) is 9.76. The van der Waals surface area contributed by atoms with Crippen molar-refractivity contribution < 1.29 is 4.42 Å². The quantitative estimate of drug-likeness (QED) is 0.236. The van der Waals surface area contributed by atoms with Crippen LogP contribution in [0, 0.1) is 0 Å². The molecule has 40 heavy (non-hydrogen) atoms. The molecule has 0 spiro atoms. The lowest BCUT2D eigenvalue weighted by molar-refractivity contribution is 0.620. The van der Waals surface area contributed by atoms with Crippen molar-refractivity contribution in [1.82, 2.24) is 19.5 Å². The van der Waals surface area contributed by atoms with Crippen LogP contribution < -0.4 is 0 Å². The number of aromatic nitrogens is 4. The van der Waals surface area contributed by atoms with E-state index >= 15 is 0 Å². The van der Waals surface area contributed by atoms with E-state index in [0.29, 0.717) is 5.89 Å². The molecule has 0 amide bonds. The zero-order valence-corrected chi connectivity index (χ0v) is 21.4. The maximum Gasteiger partial charge on any atom is 0.227 e. The topological polar surface area (TPSA) is 56.7 Å². The Labute approximate surface area is 230 Å². The van der Waals surface area contributed by atoms with Gasteiger partial charge in [0.25, 0.3) is 0 Å². The molecule has 0 saturated heterocycles. The fourth-order valence-corrected chi connectivity index (χ4v) is 5.56. The molecule has 4 aromatic carbocycles. The lowest BCUT2D eigenvalue weighted by Crippen LogP contribution is -1.95. The fraction of sp³-hybridized carbons (Fsp3) is 0. The van der Waals surface area contributed by atoms with Crippen LogP contribution in [-0.2, 0) is 0 Å². The summed E-state index contributed by atoms with van der Waals surface area (Å²) in [6.45, 7) is 0. The van der Waals surface area contributed by atoms with Crippen LogP contribution in [0.2, 0.25) is 0 Å². The van der Waals surface area contributed by atoms with Crippen LogP contribution >= 0.6 is 0 Å². The Bertz CT molecular complexity index is 2160. The largest absolute Gasteiger partial charge is 0.436 e. The Morgan fingerprint density at radius 3 is 2.33 bits per heavy atom. The summed E-state index contributed by atoms with van der Waals surface area (Å²) in [6.07, 6.45) is 5.42. The normalized spacial score (nSPS) is 11.5. The predicted octanol–water partition coefficient (Wildman–Crippen LogP) is 8.72. The molecule has 0 aliphatic carbocycles. The SMILES string of the molecule is c1ccc(-c2cccc(-n3c4ccccc4c4ccc(-c5nc6c(-c7ccncc7)cccc6o5)cc43)c2)nc1. The number of hydrogen-bond donors (Lipinski definition) is 0. The Morgan fingerprint density at radius 2 is 1.43 bits per heavy atom. The number of nitrogens with zero attached hydrogens (tertiary/aromatic N) is 4. The number of hydrogen-bond acceptors (Lipinski definition) is 4. The molecular formula is C35H22N4O. The molecule has 0 bridgehead atoms. The number of benzene rings is 4. The van der Waals surface area contributed by atoms with E-state index in [1.165, 1.54) is 10.8 Å². The molecule has 8 rings (SSSR count). The summed E-state index contributed by atoms with van der Waals surface area (Å²) in [5.41, 5.74) is 9.93. The van der Waals surface area contributed by atoms with Gasteiger partial charge < -0.3 is 8.98 Å². The molecule has 4 heterocycles. The first-order valence-electron chi connectivity index (χ1n) is 13.2. The average molecular weight is 515 g/mol. The lowest BCUT2D eigenvalue weighted by atomic mass is 10.1. The summed E-state index contributed by atoms with van der Waals surface area (Å²) >= 11 is 0. The molecule has 0 N–H and O–H groups in total. The predicted molar refractivity (Wildman–Crippen MR) is 160 cm³/mol. The lowest BCUT2D eigenvalue weighted by Gasteiger charge is -2.10. The number of rotatable bonds is 4. The van der Waals surface area contributed by atoms with Crippen LogP contribution in [0.5, 0.6) is 0 Å². The summed E-state index contributed by atoms with van der Waals surface area (Å²) in [5, 5.41) is 2.38. The standard InChI is InChI=1S/C35H22N4O/c1-2-12-31-28(9-1)29-15-14-25(35-38-34-27(10-6-13-33(34)40-35)23-16-19-36-20-17-23)22-32(29)39(31)26-8-5-7-24(21-26)30-11-3-4-18-37-30/h1-22H. The average Bonchev–Trinajstić information content (AvgIpc) is 3.61. The van der Waals surface area contributed by atoms with Gasteiger partial charge in [-0.05, 0) is 66.2 Å². The Morgan fingerprint density at radius 1 is 0.575 bits per heavy atom. The third-order valence-electron chi connectivity index (χ3n) is 7.40. The van der Waals surface area contributed by atoms with Crippen molar-refractivity contribution in [3.63, 3.8) is 0 Å². The van der Waals surface area contributed by atoms with Crippen molar-refractivity contribution in [1.29, 1.82) is 0 Å². The Kier molecular flexibility index (Phi) is 5.07. The van der Waals surface area contributed by atoms with Gasteiger partial charge in [0.05, 0.1) is 16.7 Å². The molecule has 8 aromatic rings. The van der Waals surface area contributed by atoms with Gasteiger partial charge in [-0.3, -0.25) is 9.97 Å². The third-order valence-corrected chi connectivity index (χ3v) is 7.40. The van der Waals surface area contributed by atoms with E-state index in [1.54, 1.807) is 12.4 Å². The van der Waals surface area contributed by atoms with E-state index in [9.17, 15) is 0 Å². The molecule has 0 unspecified atom stereocenters. The van der Waals surface area contributed by atoms with Gasteiger partial charge in [-0.15, -0.1) is 0 Å². The highest BCUT2D eigenvalue weighted by atomic mass is 16.3. The molecule has 5 heteroatoms. The van der Waals surface area contributed by atoms with E-state index < -0.39 is 0 Å². The van der Waals surface area contributed by atoms with E-state index in [1.807, 2.05) is 48.7 Å². The van der Waals surface area contributed by atoms with Gasteiger partial charge in [0.15, 0.2) is 5.58 Å². The zero-order chi connectivity index (χ0) is 26.5. The van der Waals surface area contributed by atoms with Crippen molar-refractivity contribution in [2.24, 2.45) is 0 Å². The molecule has 0 atom stereocenters. The minimum absolute atomic E-state index is 0.595. The second-order valence-corrected chi connectivity index (χ2v) is 9.76. The van der Waals surface area contributed by atoms with Crippen LogP contribution in [0.1, 0.15) is 0 Å². The van der Waals surface area contributed by atoms with Crippen molar-refractivity contribution in [3.8, 4) is 39.5 Å². The van der Waals surface area contributed by atoms with Crippen LogP contribution in [0.4, 0.5) is 0 Å². The number of oxazole rings is 1. The van der Waals surface area contributed by atoms with Crippen molar-refractivity contribution in [2.45, 2.75) is 0 Å². The summed E-state index contributed by atoms with van der Waals surface area (Å²) in [4.78, 5) is 13.7. The molecule has 0 aliphatic rings. The molecule has 0 fully saturated rings. The smallest absolute Gasteiger partial charge is 0.227 e. The first-order valence-corrected chi connectivity index (χ1v) is 13.2.